The Hall–Kier alpha value is -1.30. The number of nitrogens with zero attached hydrogens (tertiary/aromatic N) is 1. The Morgan fingerprint density at radius 3 is 2.47 bits per heavy atom. The summed E-state index contributed by atoms with van der Waals surface area (Å²) in [7, 11) is 0. The smallest absolute Gasteiger partial charge is 0.329 e. The van der Waals surface area contributed by atoms with Crippen molar-refractivity contribution in [3.8, 4) is 0 Å². The molecule has 2 fully saturated rings. The van der Waals surface area contributed by atoms with Crippen molar-refractivity contribution in [2.24, 2.45) is 11.8 Å². The van der Waals surface area contributed by atoms with Gasteiger partial charge < -0.3 is 20.4 Å². The van der Waals surface area contributed by atoms with E-state index < -0.39 is 11.5 Å². The van der Waals surface area contributed by atoms with Crippen molar-refractivity contribution >= 4 is 12.0 Å². The number of urea groups is 1. The van der Waals surface area contributed by atoms with E-state index in [9.17, 15) is 19.8 Å². The maximum absolute atomic E-state index is 12.3. The summed E-state index contributed by atoms with van der Waals surface area (Å²) < 4.78 is 0. The molecule has 0 aromatic heterocycles. The van der Waals surface area contributed by atoms with Crippen molar-refractivity contribution in [2.75, 3.05) is 13.2 Å². The minimum absolute atomic E-state index is 0.0153. The lowest BCUT2D eigenvalue weighted by Gasteiger charge is -2.32. The number of carboxylic acids is 1. The molecule has 3 atom stereocenters. The highest BCUT2D eigenvalue weighted by Gasteiger charge is 2.49. The van der Waals surface area contributed by atoms with Crippen LogP contribution >= 0.6 is 0 Å². The first-order chi connectivity index (χ1) is 8.90. The standard InChI is InChI=1S/C13H22N2O4/c1-8-5-6-15(10(8)7-16)12(19)14-13(2,11(17)18)9-3-4-9/h8-10,16H,3-7H2,1-2H3,(H,14,19)(H,17,18). The van der Waals surface area contributed by atoms with E-state index in [1.165, 1.54) is 0 Å². The molecule has 2 aliphatic rings. The monoisotopic (exact) mass is 270 g/mol. The molecule has 3 unspecified atom stereocenters. The number of carbonyl (C=O) groups is 2. The topological polar surface area (TPSA) is 89.9 Å². The lowest BCUT2D eigenvalue weighted by atomic mass is 9.96. The van der Waals surface area contributed by atoms with Gasteiger partial charge in [0, 0.05) is 6.54 Å². The van der Waals surface area contributed by atoms with Crippen LogP contribution < -0.4 is 5.32 Å². The average molecular weight is 270 g/mol. The number of likely N-dealkylation sites (tertiary alicyclic amines) is 1. The third-order valence-corrected chi connectivity index (χ3v) is 4.54. The van der Waals surface area contributed by atoms with Gasteiger partial charge in [-0.1, -0.05) is 6.92 Å². The highest BCUT2D eigenvalue weighted by Crippen LogP contribution is 2.40. The van der Waals surface area contributed by atoms with E-state index in [4.69, 9.17) is 0 Å². The number of aliphatic carboxylic acids is 1. The molecule has 1 aliphatic heterocycles. The first-order valence-electron chi connectivity index (χ1n) is 6.83. The van der Waals surface area contributed by atoms with Gasteiger partial charge in [0.2, 0.25) is 0 Å². The molecule has 2 amide bonds. The molecule has 0 spiro atoms. The molecular formula is C13H22N2O4. The molecule has 0 bridgehead atoms. The SMILES string of the molecule is CC1CCN(C(=O)NC(C)(C(=O)O)C2CC2)C1CO. The molecule has 1 heterocycles. The van der Waals surface area contributed by atoms with Gasteiger partial charge in [-0.15, -0.1) is 0 Å². The summed E-state index contributed by atoms with van der Waals surface area (Å²) >= 11 is 0. The second-order valence-electron chi connectivity index (χ2n) is 5.92. The molecule has 19 heavy (non-hydrogen) atoms. The first kappa shape index (κ1) is 14.1. The van der Waals surface area contributed by atoms with Crippen molar-refractivity contribution in [2.45, 2.75) is 44.7 Å². The Morgan fingerprint density at radius 2 is 2.00 bits per heavy atom. The number of nitrogens with one attached hydrogen (secondary N) is 1. The van der Waals surface area contributed by atoms with Crippen LogP contribution in [0.3, 0.4) is 0 Å². The number of hydrogen-bond acceptors (Lipinski definition) is 3. The van der Waals surface area contributed by atoms with Crippen molar-refractivity contribution in [3.05, 3.63) is 0 Å². The summed E-state index contributed by atoms with van der Waals surface area (Å²) in [5, 5.41) is 21.3. The van der Waals surface area contributed by atoms with Gasteiger partial charge in [-0.3, -0.25) is 0 Å². The molecule has 1 saturated carbocycles. The summed E-state index contributed by atoms with van der Waals surface area (Å²) in [4.78, 5) is 25.2. The molecule has 1 aliphatic carbocycles. The fourth-order valence-corrected chi connectivity index (χ4v) is 2.82. The molecule has 1 saturated heterocycles. The highest BCUT2D eigenvalue weighted by atomic mass is 16.4. The van der Waals surface area contributed by atoms with Crippen LogP contribution in [0.1, 0.15) is 33.1 Å². The quantitative estimate of drug-likeness (QED) is 0.699. The lowest BCUT2D eigenvalue weighted by Crippen LogP contribution is -2.58. The Morgan fingerprint density at radius 1 is 1.37 bits per heavy atom. The van der Waals surface area contributed by atoms with Crippen molar-refractivity contribution in [3.63, 3.8) is 0 Å². The second-order valence-corrected chi connectivity index (χ2v) is 5.92. The van der Waals surface area contributed by atoms with Gasteiger partial charge in [0.15, 0.2) is 0 Å². The molecule has 0 aromatic carbocycles. The maximum atomic E-state index is 12.3. The number of aliphatic hydroxyl groups is 1. The average Bonchev–Trinajstić information content (AvgIpc) is 3.13. The molecule has 3 N–H and O–H groups in total. The normalized spacial score (nSPS) is 29.9. The zero-order valence-corrected chi connectivity index (χ0v) is 11.4. The third kappa shape index (κ3) is 2.54. The van der Waals surface area contributed by atoms with E-state index in [0.717, 1.165) is 19.3 Å². The molecule has 6 nitrogen and oxygen atoms in total. The van der Waals surface area contributed by atoms with Crippen LogP contribution in [-0.4, -0.2) is 51.8 Å². The van der Waals surface area contributed by atoms with Gasteiger partial charge in [0.05, 0.1) is 12.6 Å². The predicted octanol–water partition coefficient (Wildman–Crippen LogP) is 0.652. The van der Waals surface area contributed by atoms with Crippen molar-refractivity contribution in [1.29, 1.82) is 0 Å². The van der Waals surface area contributed by atoms with Gasteiger partial charge >= 0.3 is 12.0 Å². The summed E-state index contributed by atoms with van der Waals surface area (Å²) in [6, 6.07) is -0.586. The Balaban J connectivity index is 2.06. The maximum Gasteiger partial charge on any atom is 0.329 e. The molecule has 0 aromatic rings. The van der Waals surface area contributed by atoms with Crippen LogP contribution in [0.15, 0.2) is 0 Å². The zero-order valence-electron chi connectivity index (χ0n) is 11.4. The second kappa shape index (κ2) is 5.00. The van der Waals surface area contributed by atoms with Crippen LogP contribution in [0.2, 0.25) is 0 Å². The van der Waals surface area contributed by atoms with E-state index in [1.807, 2.05) is 6.92 Å². The van der Waals surface area contributed by atoms with Gasteiger partial charge in [-0.25, -0.2) is 9.59 Å². The minimum atomic E-state index is -1.19. The third-order valence-electron chi connectivity index (χ3n) is 4.54. The van der Waals surface area contributed by atoms with Crippen LogP contribution in [0.5, 0.6) is 0 Å². The van der Waals surface area contributed by atoms with E-state index in [2.05, 4.69) is 5.32 Å². The lowest BCUT2D eigenvalue weighted by molar-refractivity contribution is -0.144. The fraction of sp³-hybridized carbons (Fsp3) is 0.846. The summed E-state index contributed by atoms with van der Waals surface area (Å²) in [5.41, 5.74) is -1.19. The Bertz CT molecular complexity index is 383. The summed E-state index contributed by atoms with van der Waals surface area (Å²) in [6.07, 6.45) is 2.51. The zero-order chi connectivity index (χ0) is 14.2. The largest absolute Gasteiger partial charge is 0.480 e. The van der Waals surface area contributed by atoms with Crippen LogP contribution in [0, 0.1) is 11.8 Å². The van der Waals surface area contributed by atoms with Crippen LogP contribution in [0.25, 0.3) is 0 Å². The molecule has 6 heteroatoms. The summed E-state index contributed by atoms with van der Waals surface area (Å²) in [6.45, 7) is 4.05. The number of hydrogen-bond donors (Lipinski definition) is 3. The van der Waals surface area contributed by atoms with E-state index in [-0.39, 0.29) is 30.5 Å². The Labute approximate surface area is 112 Å². The number of rotatable bonds is 4. The van der Waals surface area contributed by atoms with Gasteiger partial charge in [-0.05, 0) is 38.0 Å². The number of carbonyl (C=O) groups excluding carboxylic acids is 1. The summed E-state index contributed by atoms with van der Waals surface area (Å²) in [5.74, 6) is -0.731. The Kier molecular flexibility index (Phi) is 3.71. The number of aliphatic hydroxyl groups excluding tert-OH is 1. The highest BCUT2D eigenvalue weighted by molar-refractivity contribution is 5.86. The molecule has 108 valence electrons. The van der Waals surface area contributed by atoms with Crippen LogP contribution in [-0.2, 0) is 4.79 Å². The first-order valence-corrected chi connectivity index (χ1v) is 6.83. The van der Waals surface area contributed by atoms with E-state index in [1.54, 1.807) is 11.8 Å². The van der Waals surface area contributed by atoms with E-state index in [0.29, 0.717) is 6.54 Å². The van der Waals surface area contributed by atoms with Crippen molar-refractivity contribution in [1.82, 2.24) is 10.2 Å². The van der Waals surface area contributed by atoms with Gasteiger partial charge in [0.1, 0.15) is 5.54 Å². The number of amides is 2. The molecule has 0 radical (unpaired) electrons. The molecular weight excluding hydrogens is 248 g/mol. The van der Waals surface area contributed by atoms with Gasteiger partial charge in [-0.2, -0.15) is 0 Å². The predicted molar refractivity (Wildman–Crippen MR) is 68.7 cm³/mol. The van der Waals surface area contributed by atoms with E-state index >= 15 is 0 Å². The molecule has 2 rings (SSSR count). The number of carboxylic acid groups (broad SMARTS) is 1. The van der Waals surface area contributed by atoms with Gasteiger partial charge in [0.25, 0.3) is 0 Å². The van der Waals surface area contributed by atoms with Crippen LogP contribution in [0.4, 0.5) is 4.79 Å². The fourth-order valence-electron chi connectivity index (χ4n) is 2.82. The van der Waals surface area contributed by atoms with Crippen molar-refractivity contribution < 1.29 is 19.8 Å². The minimum Gasteiger partial charge on any atom is -0.480 e.